The number of aromatic nitrogens is 1. The maximum atomic E-state index is 8.99. The normalized spacial score (nSPS) is 9.65. The van der Waals surface area contributed by atoms with Gasteiger partial charge in [0.2, 0.25) is 0 Å². The van der Waals surface area contributed by atoms with Gasteiger partial charge < -0.3 is 11.1 Å². The second-order valence-electron chi connectivity index (χ2n) is 3.77. The van der Waals surface area contributed by atoms with Gasteiger partial charge in [0.05, 0.1) is 17.4 Å². The summed E-state index contributed by atoms with van der Waals surface area (Å²) in [7, 11) is 0. The molecule has 3 N–H and O–H groups in total. The predicted octanol–water partition coefficient (Wildman–Crippen LogP) is 2.59. The molecular weight excluding hydrogens is 212 g/mol. The number of anilines is 3. The lowest BCUT2D eigenvalue weighted by Crippen LogP contribution is -1.98. The number of nitrogens with two attached hydrogens (primary N) is 1. The van der Waals surface area contributed by atoms with E-state index in [-0.39, 0.29) is 0 Å². The van der Waals surface area contributed by atoms with Crippen LogP contribution in [-0.4, -0.2) is 4.98 Å². The molecule has 0 bridgehead atoms. The summed E-state index contributed by atoms with van der Waals surface area (Å²) in [5.74, 6) is 0.521. The largest absolute Gasteiger partial charge is 0.397 e. The van der Waals surface area contributed by atoms with Crippen LogP contribution in [0.25, 0.3) is 0 Å². The molecule has 17 heavy (non-hydrogen) atoms. The van der Waals surface area contributed by atoms with E-state index in [4.69, 9.17) is 11.0 Å². The molecule has 0 saturated heterocycles. The Morgan fingerprint density at radius 1 is 1.35 bits per heavy atom. The Bertz CT molecular complexity index is 584. The number of hydrogen-bond acceptors (Lipinski definition) is 4. The van der Waals surface area contributed by atoms with Crippen molar-refractivity contribution in [2.45, 2.75) is 6.92 Å². The summed E-state index contributed by atoms with van der Waals surface area (Å²) in [6.07, 6.45) is 1.53. The second kappa shape index (κ2) is 4.54. The smallest absolute Gasteiger partial charge is 0.148 e. The highest BCUT2D eigenvalue weighted by Gasteiger charge is 2.04. The predicted molar refractivity (Wildman–Crippen MR) is 67.8 cm³/mol. The van der Waals surface area contributed by atoms with E-state index >= 15 is 0 Å². The number of nitriles is 1. The molecule has 1 aromatic heterocycles. The minimum atomic E-state index is 0.437. The third-order valence-corrected chi connectivity index (χ3v) is 2.31. The van der Waals surface area contributed by atoms with Crippen molar-refractivity contribution in [2.24, 2.45) is 0 Å². The van der Waals surface area contributed by atoms with Crippen LogP contribution in [0.2, 0.25) is 0 Å². The highest BCUT2D eigenvalue weighted by molar-refractivity contribution is 5.65. The van der Waals surface area contributed by atoms with E-state index in [0.717, 1.165) is 11.3 Å². The zero-order valence-electron chi connectivity index (χ0n) is 9.44. The Balaban J connectivity index is 2.34. The molecule has 0 spiro atoms. The summed E-state index contributed by atoms with van der Waals surface area (Å²) in [4.78, 5) is 4.12. The molecule has 2 aromatic rings. The van der Waals surface area contributed by atoms with Gasteiger partial charge in [-0.1, -0.05) is 12.1 Å². The van der Waals surface area contributed by atoms with Crippen molar-refractivity contribution in [3.8, 4) is 6.07 Å². The van der Waals surface area contributed by atoms with Crippen molar-refractivity contribution in [3.05, 3.63) is 47.7 Å². The van der Waals surface area contributed by atoms with Crippen LogP contribution in [-0.2, 0) is 0 Å². The molecule has 0 radical (unpaired) electrons. The van der Waals surface area contributed by atoms with E-state index in [0.29, 0.717) is 17.1 Å². The number of nitrogen functional groups attached to an aromatic ring is 1. The fourth-order valence-corrected chi connectivity index (χ4v) is 1.53. The maximum absolute atomic E-state index is 8.99. The minimum absolute atomic E-state index is 0.437. The minimum Gasteiger partial charge on any atom is -0.397 e. The second-order valence-corrected chi connectivity index (χ2v) is 3.77. The fourth-order valence-electron chi connectivity index (χ4n) is 1.53. The van der Waals surface area contributed by atoms with Gasteiger partial charge in [-0.05, 0) is 30.7 Å². The lowest BCUT2D eigenvalue weighted by molar-refractivity contribution is 1.28. The summed E-state index contributed by atoms with van der Waals surface area (Å²) < 4.78 is 0. The van der Waals surface area contributed by atoms with E-state index in [1.165, 1.54) is 6.20 Å². The van der Waals surface area contributed by atoms with Gasteiger partial charge in [-0.3, -0.25) is 0 Å². The van der Waals surface area contributed by atoms with Gasteiger partial charge >= 0.3 is 0 Å². The molecule has 1 heterocycles. The molecule has 0 amide bonds. The molecule has 0 atom stereocenters. The molecule has 1 aromatic carbocycles. The molecule has 4 heteroatoms. The summed E-state index contributed by atoms with van der Waals surface area (Å²) in [6.45, 7) is 2.01. The van der Waals surface area contributed by atoms with Crippen molar-refractivity contribution in [1.29, 1.82) is 5.26 Å². The average Bonchev–Trinajstić information content (AvgIpc) is 2.31. The van der Waals surface area contributed by atoms with Gasteiger partial charge in [0.1, 0.15) is 11.9 Å². The number of nitrogens with one attached hydrogen (secondary N) is 1. The van der Waals surface area contributed by atoms with Crippen molar-refractivity contribution < 1.29 is 0 Å². The number of hydrogen-bond donors (Lipinski definition) is 2. The number of aryl methyl sites for hydroxylation is 1. The first-order valence-corrected chi connectivity index (χ1v) is 5.18. The Hall–Kier alpha value is -2.54. The Kier molecular flexibility index (Phi) is 2.93. The molecule has 0 unspecified atom stereocenters. The Morgan fingerprint density at radius 3 is 2.88 bits per heavy atom. The fraction of sp³-hybridized carbons (Fsp3) is 0.0769. The standard InChI is InChI=1S/C13H12N4/c1-9-3-2-4-12(5-9)17-13-10(7-14)6-11(15)8-16-13/h2-6,8H,15H2,1H3,(H,16,17). The molecule has 0 aliphatic carbocycles. The van der Waals surface area contributed by atoms with E-state index < -0.39 is 0 Å². The van der Waals surface area contributed by atoms with Gasteiger partial charge in [0.25, 0.3) is 0 Å². The SMILES string of the molecule is Cc1cccc(Nc2ncc(N)cc2C#N)c1. The van der Waals surface area contributed by atoms with Gasteiger partial charge in [-0.15, -0.1) is 0 Å². The summed E-state index contributed by atoms with van der Waals surface area (Å²) in [5, 5.41) is 12.1. The summed E-state index contributed by atoms with van der Waals surface area (Å²) in [6, 6.07) is 11.5. The molecule has 2 rings (SSSR count). The summed E-state index contributed by atoms with van der Waals surface area (Å²) in [5.41, 5.74) is 8.54. The van der Waals surface area contributed by atoms with Gasteiger partial charge in [-0.25, -0.2) is 4.98 Å². The zero-order chi connectivity index (χ0) is 12.3. The third-order valence-electron chi connectivity index (χ3n) is 2.31. The lowest BCUT2D eigenvalue weighted by atomic mass is 10.2. The molecule has 4 nitrogen and oxygen atoms in total. The maximum Gasteiger partial charge on any atom is 0.148 e. The van der Waals surface area contributed by atoms with Crippen molar-refractivity contribution in [3.63, 3.8) is 0 Å². The first-order valence-electron chi connectivity index (χ1n) is 5.18. The first-order chi connectivity index (χ1) is 8.19. The van der Waals surface area contributed by atoms with E-state index in [9.17, 15) is 0 Å². The lowest BCUT2D eigenvalue weighted by Gasteiger charge is -2.08. The van der Waals surface area contributed by atoms with Gasteiger partial charge in [-0.2, -0.15) is 5.26 Å². The molecule has 0 aliphatic heterocycles. The van der Waals surface area contributed by atoms with E-state index in [2.05, 4.69) is 16.4 Å². The number of nitrogens with zero attached hydrogens (tertiary/aromatic N) is 2. The molecule has 84 valence electrons. The first kappa shape index (κ1) is 11.0. The number of benzene rings is 1. The summed E-state index contributed by atoms with van der Waals surface area (Å²) >= 11 is 0. The molecular formula is C13H12N4. The van der Waals surface area contributed by atoms with Crippen LogP contribution in [0.5, 0.6) is 0 Å². The van der Waals surface area contributed by atoms with Gasteiger partial charge in [0, 0.05) is 5.69 Å². The van der Waals surface area contributed by atoms with Crippen LogP contribution in [0, 0.1) is 18.3 Å². The monoisotopic (exact) mass is 224 g/mol. The van der Waals surface area contributed by atoms with Crippen LogP contribution in [0.15, 0.2) is 36.5 Å². The van der Waals surface area contributed by atoms with Crippen molar-refractivity contribution >= 4 is 17.2 Å². The Labute approximate surface area is 99.7 Å². The van der Waals surface area contributed by atoms with Crippen molar-refractivity contribution in [2.75, 3.05) is 11.1 Å². The molecule has 0 saturated carbocycles. The van der Waals surface area contributed by atoms with Crippen LogP contribution in [0.4, 0.5) is 17.2 Å². The zero-order valence-corrected chi connectivity index (χ0v) is 9.44. The molecule has 0 fully saturated rings. The highest BCUT2D eigenvalue weighted by atomic mass is 15.0. The van der Waals surface area contributed by atoms with Gasteiger partial charge in [0.15, 0.2) is 0 Å². The number of pyridine rings is 1. The van der Waals surface area contributed by atoms with E-state index in [1.807, 2.05) is 31.2 Å². The van der Waals surface area contributed by atoms with Crippen LogP contribution >= 0.6 is 0 Å². The van der Waals surface area contributed by atoms with Crippen molar-refractivity contribution in [1.82, 2.24) is 4.98 Å². The highest BCUT2D eigenvalue weighted by Crippen LogP contribution is 2.20. The molecule has 0 aliphatic rings. The Morgan fingerprint density at radius 2 is 2.18 bits per heavy atom. The number of rotatable bonds is 2. The van der Waals surface area contributed by atoms with Crippen LogP contribution in [0.1, 0.15) is 11.1 Å². The topological polar surface area (TPSA) is 74.7 Å². The average molecular weight is 224 g/mol. The quantitative estimate of drug-likeness (QED) is 0.822. The third kappa shape index (κ3) is 2.52. The van der Waals surface area contributed by atoms with Crippen LogP contribution < -0.4 is 11.1 Å². The van der Waals surface area contributed by atoms with E-state index in [1.54, 1.807) is 6.07 Å². The van der Waals surface area contributed by atoms with Crippen LogP contribution in [0.3, 0.4) is 0 Å².